The number of esters is 1. The fourth-order valence-electron chi connectivity index (χ4n) is 1.94. The van der Waals surface area contributed by atoms with Gasteiger partial charge in [0.25, 0.3) is 15.7 Å². The molecule has 0 aromatic heterocycles. The Morgan fingerprint density at radius 3 is 2.33 bits per heavy atom. The third-order valence-corrected chi connectivity index (χ3v) is 4.58. The lowest BCUT2D eigenvalue weighted by Gasteiger charge is -2.11. The molecule has 0 radical (unpaired) electrons. The summed E-state index contributed by atoms with van der Waals surface area (Å²) in [7, 11) is -2.89. The molecular weight excluding hydrogens is 336 g/mol. The molecule has 2 aromatic carbocycles. The first-order valence-electron chi connectivity index (χ1n) is 6.71. The number of carbonyl (C=O) groups excluding carboxylic acids is 1. The van der Waals surface area contributed by atoms with Crippen molar-refractivity contribution in [2.24, 2.45) is 0 Å². The van der Waals surface area contributed by atoms with Gasteiger partial charge in [-0.25, -0.2) is 13.2 Å². The van der Waals surface area contributed by atoms with Crippen LogP contribution in [0.15, 0.2) is 47.4 Å². The molecule has 1 N–H and O–H groups in total. The third kappa shape index (κ3) is 3.69. The van der Waals surface area contributed by atoms with Gasteiger partial charge in [0.1, 0.15) is 0 Å². The molecule has 0 aliphatic carbocycles. The lowest BCUT2D eigenvalue weighted by Crippen LogP contribution is -2.16. The second kappa shape index (κ2) is 6.67. The van der Waals surface area contributed by atoms with E-state index in [1.54, 1.807) is 19.1 Å². The van der Waals surface area contributed by atoms with E-state index in [2.05, 4.69) is 9.46 Å². The van der Waals surface area contributed by atoms with Gasteiger partial charge in [0.2, 0.25) is 0 Å². The van der Waals surface area contributed by atoms with Crippen molar-refractivity contribution >= 4 is 27.4 Å². The summed E-state index contributed by atoms with van der Waals surface area (Å²) >= 11 is 0. The predicted molar refractivity (Wildman–Crippen MR) is 86.4 cm³/mol. The summed E-state index contributed by atoms with van der Waals surface area (Å²) in [6.45, 7) is 1.81. The predicted octanol–water partition coefficient (Wildman–Crippen LogP) is 2.49. The fraction of sp³-hybridized carbons (Fsp3) is 0.133. The van der Waals surface area contributed by atoms with E-state index in [0.29, 0.717) is 0 Å². The summed E-state index contributed by atoms with van der Waals surface area (Å²) in [6.07, 6.45) is 0. The van der Waals surface area contributed by atoms with E-state index in [4.69, 9.17) is 0 Å². The Balaban J connectivity index is 2.49. The topological polar surface area (TPSA) is 116 Å². The van der Waals surface area contributed by atoms with Crippen molar-refractivity contribution < 1.29 is 22.9 Å². The van der Waals surface area contributed by atoms with Gasteiger partial charge in [-0.05, 0) is 25.1 Å². The fourth-order valence-corrected chi connectivity index (χ4v) is 3.01. The number of benzene rings is 2. The Morgan fingerprint density at radius 2 is 1.79 bits per heavy atom. The van der Waals surface area contributed by atoms with Crippen molar-refractivity contribution in [1.29, 1.82) is 0 Å². The normalized spacial score (nSPS) is 10.9. The molecule has 0 bridgehead atoms. The number of nitro groups is 1. The maximum atomic E-state index is 12.4. The number of carbonyl (C=O) groups is 1. The van der Waals surface area contributed by atoms with Gasteiger partial charge in [-0.2, -0.15) is 0 Å². The lowest BCUT2D eigenvalue weighted by molar-refractivity contribution is -0.384. The molecule has 0 fully saturated rings. The third-order valence-electron chi connectivity index (χ3n) is 3.19. The van der Waals surface area contributed by atoms with Gasteiger partial charge in [-0.15, -0.1) is 0 Å². The molecule has 0 aliphatic heterocycles. The summed E-state index contributed by atoms with van der Waals surface area (Å²) in [6, 6.07) is 9.22. The molecule has 0 unspecified atom stereocenters. The van der Waals surface area contributed by atoms with Crippen LogP contribution in [0, 0.1) is 17.0 Å². The van der Waals surface area contributed by atoms with Crippen molar-refractivity contribution in [2.75, 3.05) is 11.8 Å². The van der Waals surface area contributed by atoms with Crippen LogP contribution in [0.2, 0.25) is 0 Å². The number of nitro benzene ring substituents is 1. The van der Waals surface area contributed by atoms with E-state index in [9.17, 15) is 23.3 Å². The quantitative estimate of drug-likeness (QED) is 0.503. The summed E-state index contributed by atoms with van der Waals surface area (Å²) in [5, 5.41) is 10.9. The Labute approximate surface area is 138 Å². The number of methoxy groups -OCH3 is 1. The molecule has 2 rings (SSSR count). The number of anilines is 1. The first-order valence-corrected chi connectivity index (χ1v) is 8.19. The second-order valence-corrected chi connectivity index (χ2v) is 6.58. The highest BCUT2D eigenvalue weighted by molar-refractivity contribution is 7.92. The summed E-state index contributed by atoms with van der Waals surface area (Å²) < 4.78 is 31.6. The molecule has 126 valence electrons. The zero-order valence-electron chi connectivity index (χ0n) is 12.8. The molecule has 0 heterocycles. The number of non-ortho nitro benzene ring substituents is 1. The van der Waals surface area contributed by atoms with Gasteiger partial charge in [-0.3, -0.25) is 14.8 Å². The van der Waals surface area contributed by atoms with Crippen LogP contribution in [-0.2, 0) is 14.8 Å². The smallest absolute Gasteiger partial charge is 0.340 e. The Bertz CT molecular complexity index is 891. The molecule has 0 aliphatic rings. The zero-order chi connectivity index (χ0) is 17.9. The van der Waals surface area contributed by atoms with E-state index in [-0.39, 0.29) is 21.8 Å². The van der Waals surface area contributed by atoms with Crippen molar-refractivity contribution in [3.05, 3.63) is 63.7 Å². The Hall–Kier alpha value is -2.94. The van der Waals surface area contributed by atoms with Crippen molar-refractivity contribution in [2.45, 2.75) is 11.8 Å². The van der Waals surface area contributed by atoms with E-state index in [1.807, 2.05) is 0 Å². The minimum atomic E-state index is -4.02. The number of nitrogens with one attached hydrogen (secondary N) is 1. The van der Waals surface area contributed by atoms with E-state index < -0.39 is 20.9 Å². The Morgan fingerprint density at radius 1 is 1.17 bits per heavy atom. The molecule has 9 heteroatoms. The molecule has 0 amide bonds. The lowest BCUT2D eigenvalue weighted by atomic mass is 10.1. The van der Waals surface area contributed by atoms with Crippen LogP contribution in [0.5, 0.6) is 0 Å². The number of hydrogen-bond acceptors (Lipinski definition) is 6. The number of hydrogen-bond donors (Lipinski definition) is 1. The summed E-state index contributed by atoms with van der Waals surface area (Å²) in [5.74, 6) is -0.813. The average Bonchev–Trinajstić information content (AvgIpc) is 2.54. The van der Waals surface area contributed by atoms with E-state index in [0.717, 1.165) is 30.9 Å². The van der Waals surface area contributed by atoms with Crippen LogP contribution < -0.4 is 4.72 Å². The van der Waals surface area contributed by atoms with Gasteiger partial charge in [0.05, 0.1) is 28.2 Å². The maximum Gasteiger partial charge on any atom is 0.340 e. The molecule has 0 atom stereocenters. The van der Waals surface area contributed by atoms with Crippen LogP contribution in [0.1, 0.15) is 15.9 Å². The first-order chi connectivity index (χ1) is 11.2. The molecule has 0 saturated carbocycles. The monoisotopic (exact) mass is 350 g/mol. The van der Waals surface area contributed by atoms with Gasteiger partial charge >= 0.3 is 5.97 Å². The van der Waals surface area contributed by atoms with Gasteiger partial charge in [-0.1, -0.05) is 17.7 Å². The largest absolute Gasteiger partial charge is 0.465 e. The highest BCUT2D eigenvalue weighted by atomic mass is 32.2. The molecule has 2 aromatic rings. The molecule has 0 spiro atoms. The van der Waals surface area contributed by atoms with E-state index >= 15 is 0 Å². The SMILES string of the molecule is COC(=O)c1ccc([N+](=O)[O-])cc1NS(=O)(=O)c1ccc(C)cc1. The van der Waals surface area contributed by atoms with Gasteiger partial charge in [0, 0.05) is 12.1 Å². The number of aryl methyl sites for hydroxylation is 1. The second-order valence-electron chi connectivity index (χ2n) is 4.90. The van der Waals surface area contributed by atoms with Crippen LogP contribution in [0.4, 0.5) is 11.4 Å². The van der Waals surface area contributed by atoms with E-state index in [1.165, 1.54) is 12.1 Å². The van der Waals surface area contributed by atoms with Crippen LogP contribution >= 0.6 is 0 Å². The minimum Gasteiger partial charge on any atom is -0.465 e. The standard InChI is InChI=1S/C15H14N2O6S/c1-10-3-6-12(7-4-10)24(21,22)16-14-9-11(17(19)20)5-8-13(14)15(18)23-2/h3-9,16H,1-2H3. The zero-order valence-corrected chi connectivity index (χ0v) is 13.7. The number of ether oxygens (including phenoxy) is 1. The number of sulfonamides is 1. The highest BCUT2D eigenvalue weighted by Gasteiger charge is 2.22. The first kappa shape index (κ1) is 17.4. The molecule has 8 nitrogen and oxygen atoms in total. The summed E-state index contributed by atoms with van der Waals surface area (Å²) in [5.41, 5.74) is 0.166. The molecule has 0 saturated heterocycles. The number of rotatable bonds is 5. The summed E-state index contributed by atoms with van der Waals surface area (Å²) in [4.78, 5) is 21.9. The van der Waals surface area contributed by atoms with Gasteiger partial charge < -0.3 is 4.74 Å². The van der Waals surface area contributed by atoms with Crippen molar-refractivity contribution in [3.8, 4) is 0 Å². The van der Waals surface area contributed by atoms with Crippen LogP contribution in [0.3, 0.4) is 0 Å². The van der Waals surface area contributed by atoms with Gasteiger partial charge in [0.15, 0.2) is 0 Å². The highest BCUT2D eigenvalue weighted by Crippen LogP contribution is 2.26. The van der Waals surface area contributed by atoms with Crippen LogP contribution in [0.25, 0.3) is 0 Å². The molecular formula is C15H14N2O6S. The maximum absolute atomic E-state index is 12.4. The van der Waals surface area contributed by atoms with Crippen molar-refractivity contribution in [1.82, 2.24) is 0 Å². The number of nitrogens with zero attached hydrogens (tertiary/aromatic N) is 1. The minimum absolute atomic E-state index is 0.0320. The van der Waals surface area contributed by atoms with Crippen LogP contribution in [-0.4, -0.2) is 26.4 Å². The molecule has 24 heavy (non-hydrogen) atoms. The average molecular weight is 350 g/mol. The Kier molecular flexibility index (Phi) is 4.84. The van der Waals surface area contributed by atoms with Crippen molar-refractivity contribution in [3.63, 3.8) is 0 Å².